The normalized spacial score (nSPS) is 10.7. The standard InChI is InChI=1S/C12H12O2S/c13-5-7-14-6-3-10-1-2-11-4-8-15-12(11)9-10/h1-2,4-5,8-9H,3,6-7H2. The number of hydrogen-bond acceptors (Lipinski definition) is 3. The van der Waals surface area contributed by atoms with Gasteiger partial charge in [0.2, 0.25) is 0 Å². The van der Waals surface area contributed by atoms with Gasteiger partial charge in [-0.05, 0) is 34.9 Å². The lowest BCUT2D eigenvalue weighted by Crippen LogP contribution is -2.00. The summed E-state index contributed by atoms with van der Waals surface area (Å²) in [5, 5.41) is 3.38. The summed E-state index contributed by atoms with van der Waals surface area (Å²) in [6.07, 6.45) is 1.64. The molecule has 0 unspecified atom stereocenters. The third-order valence-corrected chi connectivity index (χ3v) is 3.12. The van der Waals surface area contributed by atoms with Gasteiger partial charge in [-0.25, -0.2) is 0 Å². The molecule has 0 aliphatic carbocycles. The Kier molecular flexibility index (Phi) is 3.48. The zero-order chi connectivity index (χ0) is 10.5. The second-order valence-corrected chi connectivity index (χ2v) is 4.23. The Morgan fingerprint density at radius 2 is 2.27 bits per heavy atom. The highest BCUT2D eigenvalue weighted by Crippen LogP contribution is 2.21. The molecule has 0 saturated heterocycles. The predicted octanol–water partition coefficient (Wildman–Crippen LogP) is 2.66. The third kappa shape index (κ3) is 2.64. The summed E-state index contributed by atoms with van der Waals surface area (Å²) in [7, 11) is 0. The van der Waals surface area contributed by atoms with Gasteiger partial charge in [0, 0.05) is 4.70 Å². The minimum atomic E-state index is 0.196. The molecule has 0 atom stereocenters. The lowest BCUT2D eigenvalue weighted by molar-refractivity contribution is -0.111. The minimum absolute atomic E-state index is 0.196. The van der Waals surface area contributed by atoms with Crippen LogP contribution in [0, 0.1) is 0 Å². The first-order chi connectivity index (χ1) is 7.40. The van der Waals surface area contributed by atoms with E-state index in [1.807, 2.05) is 0 Å². The molecule has 0 radical (unpaired) electrons. The second-order valence-electron chi connectivity index (χ2n) is 3.28. The Bertz CT molecular complexity index is 448. The first kappa shape index (κ1) is 10.3. The van der Waals surface area contributed by atoms with Gasteiger partial charge < -0.3 is 9.53 Å². The van der Waals surface area contributed by atoms with E-state index >= 15 is 0 Å². The number of carbonyl (C=O) groups excluding carboxylic acids is 1. The summed E-state index contributed by atoms with van der Waals surface area (Å²) in [5.74, 6) is 0. The fourth-order valence-corrected chi connectivity index (χ4v) is 2.33. The topological polar surface area (TPSA) is 26.3 Å². The van der Waals surface area contributed by atoms with Crippen LogP contribution >= 0.6 is 11.3 Å². The summed E-state index contributed by atoms with van der Waals surface area (Å²) >= 11 is 1.75. The van der Waals surface area contributed by atoms with Gasteiger partial charge >= 0.3 is 0 Å². The van der Waals surface area contributed by atoms with Crippen LogP contribution in [0.5, 0.6) is 0 Å². The summed E-state index contributed by atoms with van der Waals surface area (Å²) in [6, 6.07) is 8.54. The van der Waals surface area contributed by atoms with Gasteiger partial charge in [0.25, 0.3) is 0 Å². The van der Waals surface area contributed by atoms with Crippen molar-refractivity contribution in [2.75, 3.05) is 13.2 Å². The van der Waals surface area contributed by atoms with E-state index in [9.17, 15) is 4.79 Å². The largest absolute Gasteiger partial charge is 0.374 e. The van der Waals surface area contributed by atoms with Crippen LogP contribution in [0.1, 0.15) is 5.56 Å². The highest BCUT2D eigenvalue weighted by Gasteiger charge is 1.97. The highest BCUT2D eigenvalue weighted by atomic mass is 32.1. The van der Waals surface area contributed by atoms with Crippen LogP contribution in [0.2, 0.25) is 0 Å². The van der Waals surface area contributed by atoms with E-state index in [0.717, 1.165) is 12.7 Å². The van der Waals surface area contributed by atoms with Crippen LogP contribution in [0.3, 0.4) is 0 Å². The van der Waals surface area contributed by atoms with Gasteiger partial charge in [-0.2, -0.15) is 0 Å². The number of hydrogen-bond donors (Lipinski definition) is 0. The molecule has 2 rings (SSSR count). The lowest BCUT2D eigenvalue weighted by atomic mass is 10.1. The molecule has 1 heterocycles. The van der Waals surface area contributed by atoms with Crippen molar-refractivity contribution in [1.29, 1.82) is 0 Å². The van der Waals surface area contributed by atoms with E-state index in [0.29, 0.717) is 6.61 Å². The Morgan fingerprint density at radius 1 is 1.33 bits per heavy atom. The van der Waals surface area contributed by atoms with E-state index in [1.54, 1.807) is 11.3 Å². The molecular weight excluding hydrogens is 208 g/mol. The maximum absolute atomic E-state index is 10.0. The summed E-state index contributed by atoms with van der Waals surface area (Å²) in [6.45, 7) is 0.802. The molecule has 15 heavy (non-hydrogen) atoms. The number of rotatable bonds is 5. The van der Waals surface area contributed by atoms with Gasteiger partial charge in [0.15, 0.2) is 0 Å². The van der Waals surface area contributed by atoms with Crippen molar-refractivity contribution in [3.05, 3.63) is 35.2 Å². The van der Waals surface area contributed by atoms with Crippen molar-refractivity contribution in [1.82, 2.24) is 0 Å². The fraction of sp³-hybridized carbons (Fsp3) is 0.250. The zero-order valence-corrected chi connectivity index (χ0v) is 9.13. The molecule has 3 heteroatoms. The van der Waals surface area contributed by atoms with E-state index in [-0.39, 0.29) is 6.61 Å². The monoisotopic (exact) mass is 220 g/mol. The maximum Gasteiger partial charge on any atom is 0.145 e. The summed E-state index contributed by atoms with van der Waals surface area (Å²) in [5.41, 5.74) is 1.26. The Labute approximate surface area is 92.5 Å². The number of benzene rings is 1. The molecule has 0 saturated carbocycles. The Hall–Kier alpha value is -1.19. The number of fused-ring (bicyclic) bond motifs is 1. The van der Waals surface area contributed by atoms with Gasteiger partial charge in [-0.3, -0.25) is 0 Å². The van der Waals surface area contributed by atoms with Gasteiger partial charge in [-0.1, -0.05) is 12.1 Å². The van der Waals surface area contributed by atoms with Crippen LogP contribution in [-0.4, -0.2) is 19.5 Å². The van der Waals surface area contributed by atoms with E-state index in [1.165, 1.54) is 15.6 Å². The Balaban J connectivity index is 1.98. The molecule has 0 bridgehead atoms. The average molecular weight is 220 g/mol. The SMILES string of the molecule is O=CCOCCc1ccc2ccsc2c1. The fourth-order valence-electron chi connectivity index (χ4n) is 1.48. The van der Waals surface area contributed by atoms with Gasteiger partial charge in [0.1, 0.15) is 12.9 Å². The predicted molar refractivity (Wildman–Crippen MR) is 62.4 cm³/mol. The molecule has 0 fully saturated rings. The van der Waals surface area contributed by atoms with Crippen molar-refractivity contribution in [3.8, 4) is 0 Å². The molecular formula is C12H12O2S. The second kappa shape index (κ2) is 5.05. The molecule has 1 aromatic heterocycles. The molecule has 0 amide bonds. The Morgan fingerprint density at radius 3 is 3.13 bits per heavy atom. The molecule has 0 aliphatic rings. The van der Waals surface area contributed by atoms with Crippen molar-refractivity contribution in [2.24, 2.45) is 0 Å². The highest BCUT2D eigenvalue weighted by molar-refractivity contribution is 7.17. The molecule has 2 aromatic rings. The van der Waals surface area contributed by atoms with Gasteiger partial charge in [0.05, 0.1) is 6.61 Å². The number of thiophene rings is 1. The maximum atomic E-state index is 10.0. The van der Waals surface area contributed by atoms with Crippen molar-refractivity contribution >= 4 is 27.7 Å². The van der Waals surface area contributed by atoms with E-state index in [2.05, 4.69) is 29.6 Å². The smallest absolute Gasteiger partial charge is 0.145 e. The van der Waals surface area contributed by atoms with Crippen LogP contribution in [-0.2, 0) is 16.0 Å². The van der Waals surface area contributed by atoms with Crippen LogP contribution in [0.25, 0.3) is 10.1 Å². The first-order valence-corrected chi connectivity index (χ1v) is 5.75. The average Bonchev–Trinajstić information content (AvgIpc) is 2.71. The molecule has 0 N–H and O–H groups in total. The third-order valence-electron chi connectivity index (χ3n) is 2.24. The number of carbonyl (C=O) groups is 1. The number of aldehydes is 1. The quantitative estimate of drug-likeness (QED) is 0.572. The van der Waals surface area contributed by atoms with Crippen LogP contribution < -0.4 is 0 Å². The van der Waals surface area contributed by atoms with Crippen molar-refractivity contribution in [3.63, 3.8) is 0 Å². The molecule has 0 spiro atoms. The van der Waals surface area contributed by atoms with E-state index < -0.39 is 0 Å². The van der Waals surface area contributed by atoms with Crippen LogP contribution in [0.15, 0.2) is 29.6 Å². The first-order valence-electron chi connectivity index (χ1n) is 4.87. The zero-order valence-electron chi connectivity index (χ0n) is 8.31. The van der Waals surface area contributed by atoms with Crippen LogP contribution in [0.4, 0.5) is 0 Å². The molecule has 0 aliphatic heterocycles. The summed E-state index contributed by atoms with van der Waals surface area (Å²) in [4.78, 5) is 10.0. The van der Waals surface area contributed by atoms with Crippen molar-refractivity contribution in [2.45, 2.75) is 6.42 Å². The minimum Gasteiger partial charge on any atom is -0.374 e. The molecule has 2 nitrogen and oxygen atoms in total. The molecule has 1 aromatic carbocycles. The number of ether oxygens (including phenoxy) is 1. The van der Waals surface area contributed by atoms with Crippen molar-refractivity contribution < 1.29 is 9.53 Å². The van der Waals surface area contributed by atoms with Gasteiger partial charge in [-0.15, -0.1) is 11.3 Å². The molecule has 78 valence electrons. The van der Waals surface area contributed by atoms with E-state index in [4.69, 9.17) is 4.74 Å². The summed E-state index contributed by atoms with van der Waals surface area (Å²) < 4.78 is 6.42. The lowest BCUT2D eigenvalue weighted by Gasteiger charge is -2.01.